The van der Waals surface area contributed by atoms with E-state index in [1.807, 2.05) is 0 Å². The van der Waals surface area contributed by atoms with Crippen LogP contribution in [-0.2, 0) is 0 Å². The minimum absolute atomic E-state index is 0.0692. The van der Waals surface area contributed by atoms with Crippen LogP contribution >= 0.6 is 0 Å². The van der Waals surface area contributed by atoms with Gasteiger partial charge in [-0.1, -0.05) is 0 Å². The predicted octanol–water partition coefficient (Wildman–Crippen LogP) is 3.35. The Balaban J connectivity index is 1.75. The molecular formula is C18H15F5N2O2. The average Bonchev–Trinajstić information content (AvgIpc) is 2.71. The van der Waals surface area contributed by atoms with Crippen molar-refractivity contribution in [2.75, 3.05) is 38.2 Å². The smallest absolute Gasteiger partial charge is 0.253 e. The third-order valence-corrected chi connectivity index (χ3v) is 4.41. The summed E-state index contributed by atoms with van der Waals surface area (Å²) in [5.41, 5.74) is -0.566. The first-order valence-electron chi connectivity index (χ1n) is 8.04. The molecule has 0 aliphatic carbocycles. The van der Waals surface area contributed by atoms with Crippen LogP contribution in [0.5, 0.6) is 5.75 Å². The van der Waals surface area contributed by atoms with E-state index in [-0.39, 0.29) is 32.1 Å². The molecule has 4 nitrogen and oxygen atoms in total. The van der Waals surface area contributed by atoms with Gasteiger partial charge in [0.05, 0.1) is 7.11 Å². The number of carbonyl (C=O) groups is 1. The Morgan fingerprint density at radius 1 is 0.815 bits per heavy atom. The fourth-order valence-corrected chi connectivity index (χ4v) is 2.92. The van der Waals surface area contributed by atoms with Gasteiger partial charge in [-0.15, -0.1) is 0 Å². The quantitative estimate of drug-likeness (QED) is 0.461. The molecule has 0 atom stereocenters. The highest BCUT2D eigenvalue weighted by molar-refractivity contribution is 5.94. The van der Waals surface area contributed by atoms with Crippen LogP contribution in [0.25, 0.3) is 0 Å². The van der Waals surface area contributed by atoms with Gasteiger partial charge in [0.1, 0.15) is 11.4 Å². The lowest BCUT2D eigenvalue weighted by atomic mass is 10.1. The maximum absolute atomic E-state index is 13.9. The molecule has 144 valence electrons. The molecule has 1 fully saturated rings. The van der Waals surface area contributed by atoms with Gasteiger partial charge in [0.2, 0.25) is 5.82 Å². The summed E-state index contributed by atoms with van der Waals surface area (Å²) in [7, 11) is 1.50. The summed E-state index contributed by atoms with van der Waals surface area (Å²) >= 11 is 0. The van der Waals surface area contributed by atoms with Crippen molar-refractivity contribution in [1.29, 1.82) is 0 Å². The summed E-state index contributed by atoms with van der Waals surface area (Å²) in [4.78, 5) is 15.0. The number of anilines is 1. The molecule has 1 amide bonds. The van der Waals surface area contributed by atoms with Gasteiger partial charge < -0.3 is 14.5 Å². The van der Waals surface area contributed by atoms with Crippen molar-refractivity contribution < 1.29 is 31.5 Å². The Bertz CT molecular complexity index is 836. The molecule has 0 saturated carbocycles. The molecule has 1 aliphatic heterocycles. The van der Waals surface area contributed by atoms with Gasteiger partial charge in [0.25, 0.3) is 5.91 Å². The lowest BCUT2D eigenvalue weighted by molar-refractivity contribution is 0.0746. The summed E-state index contributed by atoms with van der Waals surface area (Å²) in [6.07, 6.45) is 0. The number of rotatable bonds is 3. The standard InChI is InChI=1S/C18H15F5N2O2/c1-27-11-4-2-10(3-5-11)18(26)25-8-6-24(7-9-25)17-15(22)13(20)12(19)14(21)16(17)23/h2-5H,6-9H2,1H3. The Kier molecular flexibility index (Phi) is 5.20. The topological polar surface area (TPSA) is 32.8 Å². The lowest BCUT2D eigenvalue weighted by Crippen LogP contribution is -2.49. The number of nitrogens with zero attached hydrogens (tertiary/aromatic N) is 2. The third-order valence-electron chi connectivity index (χ3n) is 4.41. The van der Waals surface area contributed by atoms with Crippen LogP contribution in [0.4, 0.5) is 27.6 Å². The monoisotopic (exact) mass is 386 g/mol. The van der Waals surface area contributed by atoms with E-state index in [0.717, 1.165) is 4.90 Å². The minimum Gasteiger partial charge on any atom is -0.497 e. The minimum atomic E-state index is -2.19. The van der Waals surface area contributed by atoms with E-state index in [0.29, 0.717) is 11.3 Å². The van der Waals surface area contributed by atoms with Crippen LogP contribution in [0.3, 0.4) is 0 Å². The van der Waals surface area contributed by atoms with Gasteiger partial charge in [-0.25, -0.2) is 22.0 Å². The van der Waals surface area contributed by atoms with Crippen LogP contribution < -0.4 is 9.64 Å². The molecule has 27 heavy (non-hydrogen) atoms. The molecule has 1 heterocycles. The van der Waals surface area contributed by atoms with Crippen molar-refractivity contribution >= 4 is 11.6 Å². The van der Waals surface area contributed by atoms with Crippen LogP contribution in [0.15, 0.2) is 24.3 Å². The largest absolute Gasteiger partial charge is 0.497 e. The number of hydrogen-bond acceptors (Lipinski definition) is 3. The highest BCUT2D eigenvalue weighted by Crippen LogP contribution is 2.31. The van der Waals surface area contributed by atoms with Crippen molar-refractivity contribution in [3.8, 4) is 5.75 Å². The third kappa shape index (κ3) is 3.41. The van der Waals surface area contributed by atoms with Crippen molar-refractivity contribution in [3.63, 3.8) is 0 Å². The number of benzene rings is 2. The molecule has 0 bridgehead atoms. The normalized spacial score (nSPS) is 14.4. The van der Waals surface area contributed by atoms with E-state index in [1.54, 1.807) is 24.3 Å². The van der Waals surface area contributed by atoms with Crippen molar-refractivity contribution in [1.82, 2.24) is 4.90 Å². The Labute approximate surface area is 151 Å². The van der Waals surface area contributed by atoms with E-state index in [4.69, 9.17) is 4.74 Å². The Hall–Kier alpha value is -2.84. The Morgan fingerprint density at radius 3 is 1.78 bits per heavy atom. The van der Waals surface area contributed by atoms with Crippen LogP contribution in [0.1, 0.15) is 10.4 Å². The van der Waals surface area contributed by atoms with Gasteiger partial charge in [0, 0.05) is 31.7 Å². The molecule has 0 unspecified atom stereocenters. The predicted molar refractivity (Wildman–Crippen MR) is 87.3 cm³/mol. The van der Waals surface area contributed by atoms with Crippen LogP contribution in [-0.4, -0.2) is 44.1 Å². The van der Waals surface area contributed by atoms with Crippen LogP contribution in [0, 0.1) is 29.1 Å². The van der Waals surface area contributed by atoms with Gasteiger partial charge in [-0.3, -0.25) is 4.79 Å². The van der Waals surface area contributed by atoms with Gasteiger partial charge in [0.15, 0.2) is 23.3 Å². The van der Waals surface area contributed by atoms with Gasteiger partial charge in [-0.2, -0.15) is 0 Å². The second-order valence-corrected chi connectivity index (χ2v) is 5.93. The zero-order valence-corrected chi connectivity index (χ0v) is 14.2. The molecule has 0 spiro atoms. The fraction of sp³-hybridized carbons (Fsp3) is 0.278. The molecule has 9 heteroatoms. The first-order chi connectivity index (χ1) is 12.8. The molecule has 2 aromatic carbocycles. The molecule has 2 aromatic rings. The molecule has 0 aromatic heterocycles. The van der Waals surface area contributed by atoms with E-state index in [9.17, 15) is 26.7 Å². The number of piperazine rings is 1. The highest BCUT2D eigenvalue weighted by Gasteiger charge is 2.31. The fourth-order valence-electron chi connectivity index (χ4n) is 2.92. The summed E-state index contributed by atoms with van der Waals surface area (Å²) in [6.45, 7) is 0.00914. The number of methoxy groups -OCH3 is 1. The second-order valence-electron chi connectivity index (χ2n) is 5.93. The molecular weight excluding hydrogens is 371 g/mol. The Morgan fingerprint density at radius 2 is 1.30 bits per heavy atom. The average molecular weight is 386 g/mol. The molecule has 0 N–H and O–H groups in total. The highest BCUT2D eigenvalue weighted by atomic mass is 19.2. The SMILES string of the molecule is COc1ccc(C(=O)N2CCN(c3c(F)c(F)c(F)c(F)c3F)CC2)cc1. The molecule has 1 saturated heterocycles. The van der Waals surface area contributed by atoms with Crippen molar-refractivity contribution in [2.24, 2.45) is 0 Å². The molecule has 3 rings (SSSR count). The van der Waals surface area contributed by atoms with Crippen LogP contribution in [0.2, 0.25) is 0 Å². The van der Waals surface area contributed by atoms with Gasteiger partial charge >= 0.3 is 0 Å². The lowest BCUT2D eigenvalue weighted by Gasteiger charge is -2.36. The first-order valence-corrected chi connectivity index (χ1v) is 8.04. The first kappa shape index (κ1) is 18.9. The van der Waals surface area contributed by atoms with E-state index >= 15 is 0 Å². The number of halogens is 5. The zero-order valence-electron chi connectivity index (χ0n) is 14.2. The van der Waals surface area contributed by atoms with E-state index in [1.165, 1.54) is 12.0 Å². The second kappa shape index (κ2) is 7.42. The number of ether oxygens (including phenoxy) is 1. The number of carbonyl (C=O) groups excluding carboxylic acids is 1. The summed E-state index contributed by atoms with van der Waals surface area (Å²) in [5.74, 6) is -9.62. The number of amides is 1. The van der Waals surface area contributed by atoms with E-state index < -0.39 is 34.8 Å². The summed E-state index contributed by atoms with van der Waals surface area (Å²) < 4.78 is 72.8. The van der Waals surface area contributed by atoms with E-state index in [2.05, 4.69) is 0 Å². The summed E-state index contributed by atoms with van der Waals surface area (Å²) in [6, 6.07) is 6.41. The number of hydrogen-bond donors (Lipinski definition) is 0. The molecule has 0 radical (unpaired) electrons. The molecule has 1 aliphatic rings. The maximum Gasteiger partial charge on any atom is 0.253 e. The zero-order chi connectivity index (χ0) is 19.7. The van der Waals surface area contributed by atoms with Gasteiger partial charge in [-0.05, 0) is 24.3 Å². The van der Waals surface area contributed by atoms with Crippen molar-refractivity contribution in [3.05, 3.63) is 58.9 Å². The maximum atomic E-state index is 13.9. The van der Waals surface area contributed by atoms with Crippen molar-refractivity contribution in [2.45, 2.75) is 0 Å². The summed E-state index contributed by atoms with van der Waals surface area (Å²) in [5, 5.41) is 0.